The first-order chi connectivity index (χ1) is 13.6. The highest BCUT2D eigenvalue weighted by molar-refractivity contribution is 6.12. The molecule has 0 aliphatic carbocycles. The van der Waals surface area contributed by atoms with Crippen molar-refractivity contribution < 1.29 is 19.4 Å². The molecule has 2 aromatic rings. The smallest absolute Gasteiger partial charge is 0.335 e. The quantitative estimate of drug-likeness (QED) is 0.892. The predicted octanol–water partition coefficient (Wildman–Crippen LogP) is 2.97. The highest BCUT2D eigenvalue weighted by Gasteiger charge is 2.48. The Kier molecular flexibility index (Phi) is 4.31. The Bertz CT molecular complexity index is 1020. The summed E-state index contributed by atoms with van der Waals surface area (Å²) >= 11 is 0. The molecule has 2 aromatic carbocycles. The average Bonchev–Trinajstić information content (AvgIpc) is 2.75. The molecule has 0 aromatic heterocycles. The number of fused-ring (bicyclic) bond motifs is 1. The Hall–Kier alpha value is -3.67. The highest BCUT2D eigenvalue weighted by Crippen LogP contribution is 2.38. The van der Waals surface area contributed by atoms with E-state index in [-0.39, 0.29) is 18.0 Å². The minimum absolute atomic E-state index is 0.161. The van der Waals surface area contributed by atoms with Crippen molar-refractivity contribution in [1.29, 1.82) is 0 Å². The lowest BCUT2D eigenvalue weighted by Gasteiger charge is -2.40. The number of amidine groups is 1. The second-order valence-electron chi connectivity index (χ2n) is 6.57. The number of amides is 1. The van der Waals surface area contributed by atoms with Crippen LogP contribution in [0, 0.1) is 0 Å². The topological polar surface area (TPSA) is 79.2 Å². The van der Waals surface area contributed by atoms with E-state index in [1.54, 1.807) is 37.6 Å². The van der Waals surface area contributed by atoms with Gasteiger partial charge >= 0.3 is 5.97 Å². The predicted molar refractivity (Wildman–Crippen MR) is 104 cm³/mol. The molecule has 4 rings (SSSR count). The number of methoxy groups -OCH3 is 1. The van der Waals surface area contributed by atoms with Crippen LogP contribution in [-0.2, 0) is 14.9 Å². The minimum atomic E-state index is -1.05. The third kappa shape index (κ3) is 2.70. The largest absolute Gasteiger partial charge is 0.495 e. The Morgan fingerprint density at radius 3 is 2.39 bits per heavy atom. The second kappa shape index (κ2) is 6.81. The zero-order chi connectivity index (χ0) is 19.7. The third-order valence-electron chi connectivity index (χ3n) is 5.09. The first-order valence-corrected chi connectivity index (χ1v) is 8.77. The highest BCUT2D eigenvalue weighted by atomic mass is 16.5. The number of carbonyl (C=O) groups excluding carboxylic acids is 1. The summed E-state index contributed by atoms with van der Waals surface area (Å²) in [6.07, 6.45) is 5.14. The zero-order valence-corrected chi connectivity index (χ0v) is 15.2. The summed E-state index contributed by atoms with van der Waals surface area (Å²) in [5, 5.41) is 9.20. The van der Waals surface area contributed by atoms with Gasteiger partial charge in [-0.2, -0.15) is 0 Å². The monoisotopic (exact) mass is 374 g/mol. The van der Waals surface area contributed by atoms with Gasteiger partial charge in [0.2, 0.25) is 5.91 Å². The van der Waals surface area contributed by atoms with Crippen LogP contribution in [0.4, 0.5) is 0 Å². The van der Waals surface area contributed by atoms with Crippen molar-refractivity contribution in [1.82, 2.24) is 4.90 Å². The number of nitrogens with zero attached hydrogens (tertiary/aromatic N) is 2. The van der Waals surface area contributed by atoms with Gasteiger partial charge in [-0.1, -0.05) is 42.5 Å². The van der Waals surface area contributed by atoms with E-state index in [1.807, 2.05) is 30.3 Å². The molecule has 2 aliphatic heterocycles. The lowest BCUT2D eigenvalue weighted by molar-refractivity contribution is -0.130. The summed E-state index contributed by atoms with van der Waals surface area (Å²) in [7, 11) is 1.54. The van der Waals surface area contributed by atoms with E-state index in [0.717, 1.165) is 5.56 Å². The molecule has 0 saturated heterocycles. The van der Waals surface area contributed by atoms with Crippen LogP contribution in [0.25, 0.3) is 0 Å². The number of carboxylic acids is 1. The summed E-state index contributed by atoms with van der Waals surface area (Å²) in [5.74, 6) is -0.0630. The van der Waals surface area contributed by atoms with Crippen LogP contribution < -0.4 is 0 Å². The number of carbonyl (C=O) groups is 2. The summed E-state index contributed by atoms with van der Waals surface area (Å²) < 4.78 is 5.27. The Balaban J connectivity index is 1.89. The number of carboxylic acid groups (broad SMARTS) is 1. The van der Waals surface area contributed by atoms with Gasteiger partial charge in [-0.05, 0) is 35.4 Å². The Morgan fingerprint density at radius 1 is 1.07 bits per heavy atom. The Morgan fingerprint density at radius 2 is 1.75 bits per heavy atom. The van der Waals surface area contributed by atoms with Crippen molar-refractivity contribution in [2.75, 3.05) is 13.7 Å². The molecule has 28 heavy (non-hydrogen) atoms. The van der Waals surface area contributed by atoms with Crippen LogP contribution in [0.15, 0.2) is 83.7 Å². The fraction of sp³-hybridized carbons (Fsp3) is 0.136. The molecule has 2 aliphatic rings. The first-order valence-electron chi connectivity index (χ1n) is 8.77. The van der Waals surface area contributed by atoms with Gasteiger partial charge in [-0.25, -0.2) is 4.79 Å². The molecule has 6 nitrogen and oxygen atoms in total. The van der Waals surface area contributed by atoms with Crippen LogP contribution in [-0.4, -0.2) is 41.4 Å². The minimum Gasteiger partial charge on any atom is -0.495 e. The molecule has 0 saturated carbocycles. The van der Waals surface area contributed by atoms with Crippen molar-refractivity contribution in [3.63, 3.8) is 0 Å². The van der Waals surface area contributed by atoms with E-state index >= 15 is 0 Å². The molecule has 2 heterocycles. The van der Waals surface area contributed by atoms with E-state index in [0.29, 0.717) is 17.2 Å². The van der Waals surface area contributed by atoms with Gasteiger partial charge < -0.3 is 9.84 Å². The lowest BCUT2D eigenvalue weighted by Crippen LogP contribution is -2.53. The summed E-state index contributed by atoms with van der Waals surface area (Å²) in [5.41, 5.74) is 0.607. The number of hydrogen-bond donors (Lipinski definition) is 1. The van der Waals surface area contributed by atoms with Crippen molar-refractivity contribution in [2.24, 2.45) is 4.99 Å². The molecule has 1 atom stereocenters. The van der Waals surface area contributed by atoms with Crippen LogP contribution >= 0.6 is 0 Å². The third-order valence-corrected chi connectivity index (χ3v) is 5.09. The molecule has 140 valence electrons. The molecular weight excluding hydrogens is 356 g/mol. The summed E-state index contributed by atoms with van der Waals surface area (Å²) in [6, 6.07) is 15.8. The maximum atomic E-state index is 13.8. The molecule has 1 unspecified atom stereocenters. The average molecular weight is 374 g/mol. The molecule has 1 N–H and O–H groups in total. The van der Waals surface area contributed by atoms with Gasteiger partial charge in [-0.3, -0.25) is 14.7 Å². The van der Waals surface area contributed by atoms with Gasteiger partial charge in [0.25, 0.3) is 0 Å². The molecule has 6 heteroatoms. The number of hydrogen-bond acceptors (Lipinski definition) is 4. The van der Waals surface area contributed by atoms with E-state index in [1.165, 1.54) is 17.0 Å². The molecular formula is C22H18N2O4. The maximum absolute atomic E-state index is 13.8. The zero-order valence-electron chi connectivity index (χ0n) is 15.2. The lowest BCUT2D eigenvalue weighted by atomic mass is 9.72. The maximum Gasteiger partial charge on any atom is 0.335 e. The summed E-state index contributed by atoms with van der Waals surface area (Å²) in [4.78, 5) is 31.1. The molecule has 0 fully saturated rings. The normalized spacial score (nSPS) is 20.9. The second-order valence-corrected chi connectivity index (χ2v) is 6.57. The van der Waals surface area contributed by atoms with Gasteiger partial charge in [0.15, 0.2) is 0 Å². The van der Waals surface area contributed by atoms with E-state index < -0.39 is 11.4 Å². The first kappa shape index (κ1) is 17.7. The SMILES string of the molecule is COC1=CN2C(=O)C(c3ccccc3)(c3ccc(C(=O)O)cc3)CN=C2C=C1. The Labute approximate surface area is 162 Å². The van der Waals surface area contributed by atoms with Crippen LogP contribution in [0.3, 0.4) is 0 Å². The van der Waals surface area contributed by atoms with Crippen molar-refractivity contribution in [3.05, 3.63) is 95.4 Å². The summed E-state index contributed by atoms with van der Waals surface area (Å²) in [6.45, 7) is 0.231. The molecule has 0 spiro atoms. The number of allylic oxidation sites excluding steroid dienone is 1. The van der Waals surface area contributed by atoms with E-state index in [9.17, 15) is 14.7 Å². The van der Waals surface area contributed by atoms with Crippen LogP contribution in [0.2, 0.25) is 0 Å². The van der Waals surface area contributed by atoms with Crippen molar-refractivity contribution in [3.8, 4) is 0 Å². The van der Waals surface area contributed by atoms with Gasteiger partial charge in [0.1, 0.15) is 17.0 Å². The number of ether oxygens (including phenoxy) is 1. The standard InChI is InChI=1S/C22H18N2O4/c1-28-18-11-12-19-23-14-22(21(27)24(19)13-18,16-5-3-2-4-6-16)17-9-7-15(8-10-17)20(25)26/h2-13H,14H2,1H3,(H,25,26). The number of aromatic carboxylic acids is 1. The molecule has 1 amide bonds. The number of rotatable bonds is 4. The fourth-order valence-corrected chi connectivity index (χ4v) is 3.57. The van der Waals surface area contributed by atoms with Crippen molar-refractivity contribution in [2.45, 2.75) is 5.41 Å². The van der Waals surface area contributed by atoms with Gasteiger partial charge in [0.05, 0.1) is 25.4 Å². The number of benzene rings is 2. The van der Waals surface area contributed by atoms with E-state index in [2.05, 4.69) is 4.99 Å². The van der Waals surface area contributed by atoms with Crippen LogP contribution in [0.5, 0.6) is 0 Å². The molecule has 0 radical (unpaired) electrons. The number of aliphatic imine (C=N–C) groups is 1. The van der Waals surface area contributed by atoms with Gasteiger partial charge in [0, 0.05) is 0 Å². The van der Waals surface area contributed by atoms with Gasteiger partial charge in [-0.15, -0.1) is 0 Å². The van der Waals surface area contributed by atoms with Crippen LogP contribution in [0.1, 0.15) is 21.5 Å². The van der Waals surface area contributed by atoms with Crippen molar-refractivity contribution >= 4 is 17.7 Å². The molecule has 0 bridgehead atoms. The fourth-order valence-electron chi connectivity index (χ4n) is 3.57. The van der Waals surface area contributed by atoms with E-state index in [4.69, 9.17) is 4.74 Å².